The Hall–Kier alpha value is -3.26. The molecule has 0 aliphatic carbocycles. The summed E-state index contributed by atoms with van der Waals surface area (Å²) in [5.74, 6) is -0.0717. The first kappa shape index (κ1) is 19.1. The number of nitrogens with zero attached hydrogens (tertiary/aromatic N) is 3. The van der Waals surface area contributed by atoms with Gasteiger partial charge in [0.05, 0.1) is 0 Å². The van der Waals surface area contributed by atoms with Gasteiger partial charge in [-0.1, -0.05) is 6.07 Å². The Morgan fingerprint density at radius 3 is 2.72 bits per heavy atom. The number of fused-ring (bicyclic) bond motifs is 1. The summed E-state index contributed by atoms with van der Waals surface area (Å²) in [7, 11) is 0. The molecule has 29 heavy (non-hydrogen) atoms. The Morgan fingerprint density at radius 1 is 1.14 bits per heavy atom. The molecule has 150 valence electrons. The van der Waals surface area contributed by atoms with Gasteiger partial charge in [-0.05, 0) is 57.4 Å². The molecule has 1 saturated heterocycles. The second kappa shape index (κ2) is 7.63. The molecule has 2 amide bonds. The number of anilines is 2. The monoisotopic (exact) mass is 393 g/mol. The second-order valence-corrected chi connectivity index (χ2v) is 7.31. The number of nitrogens with one attached hydrogen (secondary N) is 2. The molecule has 8 nitrogen and oxygen atoms in total. The van der Waals surface area contributed by atoms with Gasteiger partial charge in [0.2, 0.25) is 0 Å². The third-order valence-electron chi connectivity index (χ3n) is 4.95. The van der Waals surface area contributed by atoms with Crippen molar-refractivity contribution in [3.63, 3.8) is 0 Å². The molecule has 1 unspecified atom stereocenters. The number of aryl methyl sites for hydroxylation is 3. The topological polar surface area (TPSA) is 97.6 Å². The number of aromatic nitrogens is 3. The second-order valence-electron chi connectivity index (χ2n) is 7.31. The molecule has 2 N–H and O–H groups in total. The van der Waals surface area contributed by atoms with Crippen molar-refractivity contribution in [3.8, 4) is 0 Å². The first-order valence-electron chi connectivity index (χ1n) is 9.59. The lowest BCUT2D eigenvalue weighted by Gasteiger charge is -2.13. The van der Waals surface area contributed by atoms with Crippen molar-refractivity contribution in [1.82, 2.24) is 14.6 Å². The van der Waals surface area contributed by atoms with Crippen LogP contribution in [-0.2, 0) is 9.53 Å². The summed E-state index contributed by atoms with van der Waals surface area (Å²) in [6, 6.07) is 8.84. The fraction of sp³-hybridized carbons (Fsp3) is 0.333. The van der Waals surface area contributed by atoms with Crippen molar-refractivity contribution < 1.29 is 14.3 Å². The highest BCUT2D eigenvalue weighted by Gasteiger charge is 2.24. The lowest BCUT2D eigenvalue weighted by atomic mass is 10.1. The molecule has 8 heteroatoms. The lowest BCUT2D eigenvalue weighted by molar-refractivity contribution is -0.124. The van der Waals surface area contributed by atoms with Gasteiger partial charge in [0.15, 0.2) is 11.5 Å². The van der Waals surface area contributed by atoms with E-state index in [1.54, 1.807) is 28.8 Å². The minimum absolute atomic E-state index is 0.180. The molecule has 2 aromatic heterocycles. The lowest BCUT2D eigenvalue weighted by Crippen LogP contribution is -2.27. The number of amides is 2. The van der Waals surface area contributed by atoms with Crippen LogP contribution in [-0.4, -0.2) is 39.1 Å². The maximum atomic E-state index is 12.7. The predicted molar refractivity (Wildman–Crippen MR) is 109 cm³/mol. The van der Waals surface area contributed by atoms with Crippen LogP contribution in [0, 0.1) is 20.8 Å². The highest BCUT2D eigenvalue weighted by atomic mass is 16.5. The minimum Gasteiger partial charge on any atom is -0.368 e. The van der Waals surface area contributed by atoms with Crippen molar-refractivity contribution >= 4 is 29.0 Å². The fourth-order valence-electron chi connectivity index (χ4n) is 3.43. The number of carbonyl (C=O) groups is 2. The molecule has 1 aromatic carbocycles. The van der Waals surface area contributed by atoms with Crippen molar-refractivity contribution in [2.24, 2.45) is 0 Å². The number of benzene rings is 1. The summed E-state index contributed by atoms with van der Waals surface area (Å²) in [4.78, 5) is 29.5. The summed E-state index contributed by atoms with van der Waals surface area (Å²) >= 11 is 0. The van der Waals surface area contributed by atoms with E-state index in [4.69, 9.17) is 4.74 Å². The maximum absolute atomic E-state index is 12.7. The van der Waals surface area contributed by atoms with Crippen LogP contribution < -0.4 is 10.6 Å². The first-order valence-corrected chi connectivity index (χ1v) is 9.59. The molecule has 3 heterocycles. The van der Waals surface area contributed by atoms with Gasteiger partial charge in [-0.2, -0.15) is 0 Å². The molecule has 4 rings (SSSR count). The van der Waals surface area contributed by atoms with E-state index in [2.05, 4.69) is 20.7 Å². The number of hydrogen-bond donors (Lipinski definition) is 2. The normalized spacial score (nSPS) is 16.2. The SMILES string of the molecule is Cc1cc(C)n2nc(NC(=O)c3ccc(C)c(NC(=O)C4CCCO4)c3)cc2n1. The molecule has 0 saturated carbocycles. The van der Waals surface area contributed by atoms with E-state index in [-0.39, 0.29) is 11.8 Å². The average Bonchev–Trinajstić information content (AvgIpc) is 3.33. The Bertz CT molecular complexity index is 1100. The predicted octanol–water partition coefficient (Wildman–Crippen LogP) is 3.02. The summed E-state index contributed by atoms with van der Waals surface area (Å²) in [5.41, 5.74) is 4.39. The van der Waals surface area contributed by atoms with Crippen LogP contribution in [0.25, 0.3) is 5.65 Å². The van der Waals surface area contributed by atoms with Gasteiger partial charge < -0.3 is 15.4 Å². The van der Waals surface area contributed by atoms with Crippen molar-refractivity contribution in [2.45, 2.75) is 39.7 Å². The molecule has 1 atom stereocenters. The summed E-state index contributed by atoms with van der Waals surface area (Å²) in [6.07, 6.45) is 1.17. The highest BCUT2D eigenvalue weighted by molar-refractivity contribution is 6.05. The van der Waals surface area contributed by atoms with Crippen LogP contribution in [0.1, 0.15) is 40.2 Å². The van der Waals surface area contributed by atoms with Crippen LogP contribution >= 0.6 is 0 Å². The van der Waals surface area contributed by atoms with Gasteiger partial charge in [-0.3, -0.25) is 9.59 Å². The zero-order valence-electron chi connectivity index (χ0n) is 16.7. The Morgan fingerprint density at radius 2 is 1.97 bits per heavy atom. The summed E-state index contributed by atoms with van der Waals surface area (Å²) < 4.78 is 7.11. The van der Waals surface area contributed by atoms with E-state index < -0.39 is 6.10 Å². The summed E-state index contributed by atoms with van der Waals surface area (Å²) in [6.45, 7) is 6.33. The van der Waals surface area contributed by atoms with E-state index in [0.29, 0.717) is 35.7 Å². The van der Waals surface area contributed by atoms with Gasteiger partial charge in [-0.15, -0.1) is 5.10 Å². The number of hydrogen-bond acceptors (Lipinski definition) is 5. The molecule has 1 aliphatic rings. The standard InChI is InChI=1S/C21H23N5O3/c1-12-6-7-15(10-16(12)23-21(28)17-5-4-8-29-17)20(27)24-18-11-19-22-13(2)9-14(3)26(19)25-18/h6-7,9-11,17H,4-5,8H2,1-3H3,(H,23,28)(H,24,25,27). The Balaban J connectivity index is 1.53. The van der Waals surface area contributed by atoms with E-state index in [1.165, 1.54) is 0 Å². The number of rotatable bonds is 4. The average molecular weight is 393 g/mol. The number of ether oxygens (including phenoxy) is 1. The van der Waals surface area contributed by atoms with Crippen molar-refractivity contribution in [3.05, 3.63) is 52.8 Å². The van der Waals surface area contributed by atoms with Crippen molar-refractivity contribution in [2.75, 3.05) is 17.2 Å². The van der Waals surface area contributed by atoms with Gasteiger partial charge in [-0.25, -0.2) is 9.50 Å². The zero-order chi connectivity index (χ0) is 20.5. The molecule has 0 bridgehead atoms. The van der Waals surface area contributed by atoms with Gasteiger partial charge in [0.1, 0.15) is 6.10 Å². The van der Waals surface area contributed by atoms with E-state index in [0.717, 1.165) is 23.4 Å². The molecule has 1 fully saturated rings. The Kier molecular flexibility index (Phi) is 5.02. The van der Waals surface area contributed by atoms with Gasteiger partial charge in [0, 0.05) is 35.3 Å². The molecule has 0 radical (unpaired) electrons. The number of carbonyl (C=O) groups excluding carboxylic acids is 2. The van der Waals surface area contributed by atoms with E-state index >= 15 is 0 Å². The maximum Gasteiger partial charge on any atom is 0.256 e. The zero-order valence-corrected chi connectivity index (χ0v) is 16.7. The van der Waals surface area contributed by atoms with Crippen LogP contribution in [0.2, 0.25) is 0 Å². The molecular formula is C21H23N5O3. The minimum atomic E-state index is -0.427. The molecule has 1 aliphatic heterocycles. The van der Waals surface area contributed by atoms with Crippen molar-refractivity contribution in [1.29, 1.82) is 0 Å². The first-order chi connectivity index (χ1) is 13.9. The van der Waals surface area contributed by atoms with Gasteiger partial charge >= 0.3 is 0 Å². The molecular weight excluding hydrogens is 370 g/mol. The van der Waals surface area contributed by atoms with Crippen LogP contribution in [0.5, 0.6) is 0 Å². The van der Waals surface area contributed by atoms with E-state index in [9.17, 15) is 9.59 Å². The molecule has 0 spiro atoms. The third kappa shape index (κ3) is 3.97. The Labute approximate surface area is 168 Å². The van der Waals surface area contributed by atoms with E-state index in [1.807, 2.05) is 26.8 Å². The van der Waals surface area contributed by atoms with Crippen LogP contribution in [0.15, 0.2) is 30.3 Å². The summed E-state index contributed by atoms with van der Waals surface area (Å²) in [5, 5.41) is 10.1. The van der Waals surface area contributed by atoms with Crippen LogP contribution in [0.3, 0.4) is 0 Å². The smallest absolute Gasteiger partial charge is 0.256 e. The fourth-order valence-corrected chi connectivity index (χ4v) is 3.43. The largest absolute Gasteiger partial charge is 0.368 e. The van der Waals surface area contributed by atoms with Crippen LogP contribution in [0.4, 0.5) is 11.5 Å². The third-order valence-corrected chi connectivity index (χ3v) is 4.95. The molecule has 3 aromatic rings. The van der Waals surface area contributed by atoms with Gasteiger partial charge in [0.25, 0.3) is 11.8 Å². The quantitative estimate of drug-likeness (QED) is 0.710. The highest BCUT2D eigenvalue weighted by Crippen LogP contribution is 2.21.